The number of amides is 1. The van der Waals surface area contributed by atoms with E-state index >= 15 is 0 Å². The third-order valence-corrected chi connectivity index (χ3v) is 4.90. The van der Waals surface area contributed by atoms with Gasteiger partial charge in [-0.15, -0.1) is 0 Å². The van der Waals surface area contributed by atoms with E-state index in [0.717, 1.165) is 53.5 Å². The highest BCUT2D eigenvalue weighted by atomic mass is 79.9. The molecule has 1 aliphatic heterocycles. The lowest BCUT2D eigenvalue weighted by Gasteiger charge is -2.34. The molecule has 2 aromatic rings. The van der Waals surface area contributed by atoms with Crippen molar-refractivity contribution in [2.24, 2.45) is 0 Å². The first-order chi connectivity index (χ1) is 10.2. The molecule has 0 aromatic heterocycles. The minimum absolute atomic E-state index is 0.148. The van der Waals surface area contributed by atoms with Gasteiger partial charge in [-0.1, -0.05) is 47.1 Å². The van der Waals surface area contributed by atoms with Crippen LogP contribution in [-0.2, 0) is 0 Å². The van der Waals surface area contributed by atoms with E-state index in [1.54, 1.807) is 0 Å². The van der Waals surface area contributed by atoms with Crippen LogP contribution >= 0.6 is 15.9 Å². The molecule has 1 fully saturated rings. The molecule has 1 saturated heterocycles. The average Bonchev–Trinajstić information content (AvgIpc) is 2.54. The van der Waals surface area contributed by atoms with Gasteiger partial charge in [0.1, 0.15) is 0 Å². The van der Waals surface area contributed by atoms with Crippen LogP contribution in [0.3, 0.4) is 0 Å². The Hall–Kier alpha value is -1.39. The maximum atomic E-state index is 12.8. The number of carbonyl (C=O) groups is 1. The molecule has 2 aromatic carbocycles. The van der Waals surface area contributed by atoms with Crippen LogP contribution in [0, 0.1) is 0 Å². The molecule has 0 bridgehead atoms. The van der Waals surface area contributed by atoms with Crippen molar-refractivity contribution in [3.63, 3.8) is 0 Å². The van der Waals surface area contributed by atoms with Crippen molar-refractivity contribution in [3.8, 4) is 0 Å². The molecule has 0 spiro atoms. The van der Waals surface area contributed by atoms with E-state index in [1.807, 2.05) is 41.3 Å². The standard InChI is InChI=1S/C17H19BrN2O/c1-2-19-9-11-20(12-10-19)17(21)15-7-3-6-14-13(15)5-4-8-16(14)18/h3-8H,2,9-12H2,1H3. The Bertz CT molecular complexity index is 663. The van der Waals surface area contributed by atoms with Gasteiger partial charge >= 0.3 is 0 Å². The second-order valence-corrected chi connectivity index (χ2v) is 6.22. The molecule has 3 nitrogen and oxygen atoms in total. The summed E-state index contributed by atoms with van der Waals surface area (Å²) in [6, 6.07) is 12.0. The Morgan fingerprint density at radius 1 is 1.05 bits per heavy atom. The van der Waals surface area contributed by atoms with Gasteiger partial charge in [-0.3, -0.25) is 4.79 Å². The Morgan fingerprint density at radius 3 is 2.43 bits per heavy atom. The lowest BCUT2D eigenvalue weighted by atomic mass is 10.0. The van der Waals surface area contributed by atoms with Crippen molar-refractivity contribution in [2.45, 2.75) is 6.92 Å². The highest BCUT2D eigenvalue weighted by Gasteiger charge is 2.22. The fraction of sp³-hybridized carbons (Fsp3) is 0.353. The van der Waals surface area contributed by atoms with E-state index < -0.39 is 0 Å². The summed E-state index contributed by atoms with van der Waals surface area (Å²) in [5, 5.41) is 2.12. The summed E-state index contributed by atoms with van der Waals surface area (Å²) < 4.78 is 1.03. The Balaban J connectivity index is 1.90. The number of hydrogen-bond acceptors (Lipinski definition) is 2. The molecule has 4 heteroatoms. The molecule has 0 saturated carbocycles. The number of halogens is 1. The summed E-state index contributed by atoms with van der Waals surface area (Å²) in [6.45, 7) is 6.80. The number of nitrogens with zero attached hydrogens (tertiary/aromatic N) is 2. The predicted molar refractivity (Wildman–Crippen MR) is 89.7 cm³/mol. The van der Waals surface area contributed by atoms with Gasteiger partial charge in [0.25, 0.3) is 5.91 Å². The number of carbonyl (C=O) groups excluding carboxylic acids is 1. The zero-order valence-corrected chi connectivity index (χ0v) is 13.8. The molecule has 0 atom stereocenters. The van der Waals surface area contributed by atoms with Crippen LogP contribution in [0.1, 0.15) is 17.3 Å². The van der Waals surface area contributed by atoms with Gasteiger partial charge in [0.15, 0.2) is 0 Å². The van der Waals surface area contributed by atoms with E-state index in [-0.39, 0.29) is 5.91 Å². The Labute approximate surface area is 133 Å². The third kappa shape index (κ3) is 2.83. The maximum Gasteiger partial charge on any atom is 0.254 e. The van der Waals surface area contributed by atoms with Crippen molar-refractivity contribution < 1.29 is 4.79 Å². The second-order valence-electron chi connectivity index (χ2n) is 5.37. The molecule has 1 amide bonds. The molecule has 0 unspecified atom stereocenters. The fourth-order valence-corrected chi connectivity index (χ4v) is 3.39. The number of hydrogen-bond donors (Lipinski definition) is 0. The molecule has 21 heavy (non-hydrogen) atoms. The molecule has 1 heterocycles. The molecule has 110 valence electrons. The minimum Gasteiger partial charge on any atom is -0.336 e. The van der Waals surface area contributed by atoms with Crippen molar-refractivity contribution in [1.82, 2.24) is 9.80 Å². The van der Waals surface area contributed by atoms with E-state index in [9.17, 15) is 4.79 Å². The SMILES string of the molecule is CCN1CCN(C(=O)c2cccc3c(Br)cccc23)CC1. The predicted octanol–water partition coefficient (Wildman–Crippen LogP) is 3.38. The molecule has 1 aliphatic rings. The minimum atomic E-state index is 0.148. The quantitative estimate of drug-likeness (QED) is 0.832. The number of benzene rings is 2. The van der Waals surface area contributed by atoms with Crippen LogP contribution < -0.4 is 0 Å². The smallest absolute Gasteiger partial charge is 0.254 e. The monoisotopic (exact) mass is 346 g/mol. The highest BCUT2D eigenvalue weighted by molar-refractivity contribution is 9.10. The summed E-state index contributed by atoms with van der Waals surface area (Å²) in [5.41, 5.74) is 0.804. The van der Waals surface area contributed by atoms with Crippen LogP contribution in [0.2, 0.25) is 0 Å². The topological polar surface area (TPSA) is 23.6 Å². The largest absolute Gasteiger partial charge is 0.336 e. The molecule has 0 aliphatic carbocycles. The van der Waals surface area contributed by atoms with E-state index in [1.165, 1.54) is 0 Å². The highest BCUT2D eigenvalue weighted by Crippen LogP contribution is 2.27. The van der Waals surface area contributed by atoms with Crippen molar-refractivity contribution in [2.75, 3.05) is 32.7 Å². The van der Waals surface area contributed by atoms with E-state index in [0.29, 0.717) is 0 Å². The van der Waals surface area contributed by atoms with Gasteiger partial charge in [0, 0.05) is 36.2 Å². The fourth-order valence-electron chi connectivity index (χ4n) is 2.90. The average molecular weight is 347 g/mol. The van der Waals surface area contributed by atoms with E-state index in [2.05, 4.69) is 27.8 Å². The van der Waals surface area contributed by atoms with Crippen LogP contribution in [0.5, 0.6) is 0 Å². The third-order valence-electron chi connectivity index (χ3n) is 4.21. The van der Waals surface area contributed by atoms with Gasteiger partial charge in [0.2, 0.25) is 0 Å². The van der Waals surface area contributed by atoms with Gasteiger partial charge in [-0.05, 0) is 29.4 Å². The summed E-state index contributed by atoms with van der Waals surface area (Å²) in [7, 11) is 0. The van der Waals surface area contributed by atoms with Crippen LogP contribution in [-0.4, -0.2) is 48.4 Å². The molecular formula is C17H19BrN2O. The summed E-state index contributed by atoms with van der Waals surface area (Å²) in [5.74, 6) is 0.148. The van der Waals surface area contributed by atoms with Crippen LogP contribution in [0.25, 0.3) is 10.8 Å². The van der Waals surface area contributed by atoms with Crippen molar-refractivity contribution >= 4 is 32.6 Å². The number of fused-ring (bicyclic) bond motifs is 1. The number of rotatable bonds is 2. The molecule has 0 N–H and O–H groups in total. The molecule has 3 rings (SSSR count). The zero-order chi connectivity index (χ0) is 14.8. The Kier molecular flexibility index (Phi) is 4.27. The first-order valence-electron chi connectivity index (χ1n) is 7.39. The van der Waals surface area contributed by atoms with Crippen LogP contribution in [0.4, 0.5) is 0 Å². The zero-order valence-electron chi connectivity index (χ0n) is 12.2. The first kappa shape index (κ1) is 14.5. The molecule has 0 radical (unpaired) electrons. The van der Waals surface area contributed by atoms with Crippen molar-refractivity contribution in [3.05, 3.63) is 46.4 Å². The van der Waals surface area contributed by atoms with Gasteiger partial charge in [0.05, 0.1) is 0 Å². The maximum absolute atomic E-state index is 12.8. The van der Waals surface area contributed by atoms with Gasteiger partial charge < -0.3 is 9.80 Å². The summed E-state index contributed by atoms with van der Waals surface area (Å²) in [4.78, 5) is 17.2. The van der Waals surface area contributed by atoms with E-state index in [4.69, 9.17) is 0 Å². The lowest BCUT2D eigenvalue weighted by molar-refractivity contribution is 0.0645. The lowest BCUT2D eigenvalue weighted by Crippen LogP contribution is -2.48. The number of likely N-dealkylation sites (N-methyl/N-ethyl adjacent to an activating group) is 1. The summed E-state index contributed by atoms with van der Waals surface area (Å²) >= 11 is 3.56. The number of piperazine rings is 1. The molecular weight excluding hydrogens is 328 g/mol. The van der Waals surface area contributed by atoms with Crippen molar-refractivity contribution in [1.29, 1.82) is 0 Å². The normalized spacial score (nSPS) is 16.4. The first-order valence-corrected chi connectivity index (χ1v) is 8.19. The van der Waals surface area contributed by atoms with Gasteiger partial charge in [-0.25, -0.2) is 0 Å². The van der Waals surface area contributed by atoms with Crippen LogP contribution in [0.15, 0.2) is 40.9 Å². The second kappa shape index (κ2) is 6.16. The summed E-state index contributed by atoms with van der Waals surface area (Å²) in [6.07, 6.45) is 0. The Morgan fingerprint density at radius 2 is 1.71 bits per heavy atom. The van der Waals surface area contributed by atoms with Gasteiger partial charge in [-0.2, -0.15) is 0 Å².